The number of hydrogen-bond donors (Lipinski definition) is 2. The number of nitrogens with zero attached hydrogens (tertiary/aromatic N) is 1. The summed E-state index contributed by atoms with van der Waals surface area (Å²) in [5.41, 5.74) is 1.15. The van der Waals surface area contributed by atoms with E-state index in [0.29, 0.717) is 5.56 Å². The van der Waals surface area contributed by atoms with Crippen LogP contribution in [0.15, 0.2) is 42.5 Å². The van der Waals surface area contributed by atoms with Crippen molar-refractivity contribution < 1.29 is 13.9 Å². The van der Waals surface area contributed by atoms with Crippen molar-refractivity contribution in [2.75, 3.05) is 6.54 Å². The fourth-order valence-corrected chi connectivity index (χ4v) is 2.18. The van der Waals surface area contributed by atoms with Crippen molar-refractivity contribution in [3.8, 4) is 6.07 Å². The molecule has 0 amide bonds. The summed E-state index contributed by atoms with van der Waals surface area (Å²) in [4.78, 5) is 0. The highest BCUT2D eigenvalue weighted by atomic mass is 19.1. The summed E-state index contributed by atoms with van der Waals surface area (Å²) >= 11 is 0. The van der Waals surface area contributed by atoms with Crippen molar-refractivity contribution in [3.05, 3.63) is 70.8 Å². The van der Waals surface area contributed by atoms with Gasteiger partial charge >= 0.3 is 0 Å². The molecule has 2 aromatic rings. The zero-order valence-corrected chi connectivity index (χ0v) is 12.1. The van der Waals surface area contributed by atoms with Gasteiger partial charge in [-0.15, -0.1) is 0 Å². The Hall–Kier alpha value is -2.29. The summed E-state index contributed by atoms with van der Waals surface area (Å²) in [6.45, 7) is 1.88. The monoisotopic (exact) mass is 302 g/mol. The molecule has 0 aliphatic rings. The van der Waals surface area contributed by atoms with Crippen LogP contribution in [0.4, 0.5) is 8.78 Å². The number of rotatable bonds is 5. The Labute approximate surface area is 127 Å². The molecular weight excluding hydrogens is 286 g/mol. The normalized spacial score (nSPS) is 13.4. The average molecular weight is 302 g/mol. The van der Waals surface area contributed by atoms with Crippen molar-refractivity contribution in [1.29, 1.82) is 5.26 Å². The minimum Gasteiger partial charge on any atom is -0.387 e. The van der Waals surface area contributed by atoms with E-state index in [0.717, 1.165) is 17.7 Å². The van der Waals surface area contributed by atoms with Crippen LogP contribution in [-0.2, 0) is 0 Å². The highest BCUT2D eigenvalue weighted by Gasteiger charge is 2.18. The van der Waals surface area contributed by atoms with Gasteiger partial charge in [0.25, 0.3) is 0 Å². The third-order valence-corrected chi connectivity index (χ3v) is 3.49. The SMILES string of the molecule is CC(NCC(O)c1c(F)cccc1F)c1ccc(C#N)cc1. The molecule has 2 unspecified atom stereocenters. The van der Waals surface area contributed by atoms with Crippen molar-refractivity contribution in [3.63, 3.8) is 0 Å². The Balaban J connectivity index is 2.01. The number of halogens is 2. The van der Waals surface area contributed by atoms with E-state index < -0.39 is 17.7 Å². The molecule has 0 heterocycles. The Morgan fingerprint density at radius 2 is 1.73 bits per heavy atom. The molecule has 0 aliphatic heterocycles. The standard InChI is InChI=1S/C17H16F2N2O/c1-11(13-7-5-12(9-20)6-8-13)21-10-16(22)17-14(18)3-2-4-15(17)19/h2-8,11,16,21-22H,10H2,1H3. The summed E-state index contributed by atoms with van der Waals surface area (Å²) in [5, 5.41) is 21.7. The molecular formula is C17H16F2N2O. The summed E-state index contributed by atoms with van der Waals surface area (Å²) < 4.78 is 27.1. The zero-order valence-electron chi connectivity index (χ0n) is 12.1. The van der Waals surface area contributed by atoms with Crippen LogP contribution < -0.4 is 5.32 Å². The smallest absolute Gasteiger partial charge is 0.131 e. The first-order chi connectivity index (χ1) is 10.5. The molecule has 22 heavy (non-hydrogen) atoms. The van der Waals surface area contributed by atoms with Crippen molar-refractivity contribution >= 4 is 0 Å². The Morgan fingerprint density at radius 3 is 2.27 bits per heavy atom. The maximum absolute atomic E-state index is 13.6. The highest BCUT2D eigenvalue weighted by molar-refractivity contribution is 5.32. The molecule has 0 radical (unpaired) electrons. The molecule has 2 aromatic carbocycles. The molecule has 2 N–H and O–H groups in total. The second-order valence-electron chi connectivity index (χ2n) is 5.01. The largest absolute Gasteiger partial charge is 0.387 e. The van der Waals surface area contributed by atoms with Gasteiger partial charge in [-0.05, 0) is 36.8 Å². The lowest BCUT2D eigenvalue weighted by atomic mass is 10.0. The van der Waals surface area contributed by atoms with E-state index >= 15 is 0 Å². The van der Waals surface area contributed by atoms with Crippen molar-refractivity contribution in [2.24, 2.45) is 0 Å². The lowest BCUT2D eigenvalue weighted by molar-refractivity contribution is 0.161. The lowest BCUT2D eigenvalue weighted by Crippen LogP contribution is -2.25. The fourth-order valence-electron chi connectivity index (χ4n) is 2.18. The third kappa shape index (κ3) is 3.67. The van der Waals surface area contributed by atoms with E-state index in [1.54, 1.807) is 24.3 Å². The number of benzene rings is 2. The van der Waals surface area contributed by atoms with Gasteiger partial charge in [0.1, 0.15) is 11.6 Å². The van der Waals surface area contributed by atoms with Gasteiger partial charge < -0.3 is 10.4 Å². The van der Waals surface area contributed by atoms with Crippen LogP contribution in [0.2, 0.25) is 0 Å². The van der Waals surface area contributed by atoms with Gasteiger partial charge in [-0.2, -0.15) is 5.26 Å². The highest BCUT2D eigenvalue weighted by Crippen LogP contribution is 2.21. The van der Waals surface area contributed by atoms with E-state index in [2.05, 4.69) is 5.32 Å². The van der Waals surface area contributed by atoms with Gasteiger partial charge in [0, 0.05) is 12.6 Å². The van der Waals surface area contributed by atoms with Crippen LogP contribution in [0.25, 0.3) is 0 Å². The van der Waals surface area contributed by atoms with Gasteiger partial charge in [-0.3, -0.25) is 0 Å². The molecule has 0 aliphatic carbocycles. The quantitative estimate of drug-likeness (QED) is 0.891. The number of nitriles is 1. The van der Waals surface area contributed by atoms with Gasteiger partial charge in [0.05, 0.1) is 23.3 Å². The van der Waals surface area contributed by atoms with Crippen LogP contribution >= 0.6 is 0 Å². The molecule has 3 nitrogen and oxygen atoms in total. The maximum atomic E-state index is 13.6. The summed E-state index contributed by atoms with van der Waals surface area (Å²) in [6, 6.07) is 12.4. The Bertz CT molecular complexity index is 660. The zero-order chi connectivity index (χ0) is 16.1. The van der Waals surface area contributed by atoms with Crippen LogP contribution in [0.3, 0.4) is 0 Å². The van der Waals surface area contributed by atoms with Crippen molar-refractivity contribution in [1.82, 2.24) is 5.32 Å². The van der Waals surface area contributed by atoms with Gasteiger partial charge in [0.2, 0.25) is 0 Å². The second kappa shape index (κ2) is 7.12. The van der Waals surface area contributed by atoms with E-state index in [1.165, 1.54) is 6.07 Å². The fraction of sp³-hybridized carbons (Fsp3) is 0.235. The predicted octanol–water partition coefficient (Wildman–Crippen LogP) is 3.22. The minimum atomic E-state index is -1.28. The van der Waals surface area contributed by atoms with Crippen LogP contribution in [0, 0.1) is 23.0 Å². The molecule has 0 fully saturated rings. The van der Waals surface area contributed by atoms with Gasteiger partial charge in [0.15, 0.2) is 0 Å². The summed E-state index contributed by atoms with van der Waals surface area (Å²) in [7, 11) is 0. The topological polar surface area (TPSA) is 56.0 Å². The first-order valence-electron chi connectivity index (χ1n) is 6.88. The second-order valence-corrected chi connectivity index (χ2v) is 5.01. The van der Waals surface area contributed by atoms with Crippen LogP contribution in [0.1, 0.15) is 35.8 Å². The van der Waals surface area contributed by atoms with Gasteiger partial charge in [-0.25, -0.2) is 8.78 Å². The van der Waals surface area contributed by atoms with Crippen LogP contribution in [-0.4, -0.2) is 11.7 Å². The molecule has 2 atom stereocenters. The van der Waals surface area contributed by atoms with Crippen LogP contribution in [0.5, 0.6) is 0 Å². The van der Waals surface area contributed by atoms with E-state index in [1.807, 2.05) is 13.0 Å². The molecule has 0 saturated heterocycles. The number of hydrogen-bond acceptors (Lipinski definition) is 3. The Morgan fingerprint density at radius 1 is 1.14 bits per heavy atom. The van der Waals surface area contributed by atoms with E-state index in [-0.39, 0.29) is 18.2 Å². The third-order valence-electron chi connectivity index (χ3n) is 3.49. The molecule has 5 heteroatoms. The maximum Gasteiger partial charge on any atom is 0.131 e. The summed E-state index contributed by atoms with van der Waals surface area (Å²) in [6.07, 6.45) is -1.28. The van der Waals surface area contributed by atoms with Gasteiger partial charge in [-0.1, -0.05) is 18.2 Å². The van der Waals surface area contributed by atoms with E-state index in [4.69, 9.17) is 5.26 Å². The first kappa shape index (κ1) is 16.1. The predicted molar refractivity (Wildman–Crippen MR) is 78.9 cm³/mol. The first-order valence-corrected chi connectivity index (χ1v) is 6.88. The van der Waals surface area contributed by atoms with E-state index in [9.17, 15) is 13.9 Å². The average Bonchev–Trinajstić information content (AvgIpc) is 2.52. The molecule has 0 spiro atoms. The minimum absolute atomic E-state index is 0.0129. The number of aliphatic hydroxyl groups is 1. The summed E-state index contributed by atoms with van der Waals surface area (Å²) in [5.74, 6) is -1.53. The van der Waals surface area contributed by atoms with Crippen molar-refractivity contribution in [2.45, 2.75) is 19.1 Å². The molecule has 0 bridgehead atoms. The molecule has 2 rings (SSSR count). The Kier molecular flexibility index (Phi) is 5.21. The molecule has 0 aromatic heterocycles. The number of nitrogens with one attached hydrogen (secondary N) is 1. The number of aliphatic hydroxyl groups excluding tert-OH is 1. The molecule has 0 saturated carbocycles. The lowest BCUT2D eigenvalue weighted by Gasteiger charge is -2.18. The molecule has 114 valence electrons.